The third-order valence-corrected chi connectivity index (χ3v) is 3.47. The highest BCUT2D eigenvalue weighted by Gasteiger charge is 2.11. The fourth-order valence-corrected chi connectivity index (χ4v) is 2.40. The van der Waals surface area contributed by atoms with Crippen molar-refractivity contribution in [1.82, 2.24) is 19.7 Å². The summed E-state index contributed by atoms with van der Waals surface area (Å²) in [6.45, 7) is 5.91. The van der Waals surface area contributed by atoms with E-state index in [1.807, 2.05) is 51.1 Å². The Bertz CT molecular complexity index is 894. The molecule has 0 radical (unpaired) electrons. The van der Waals surface area contributed by atoms with Gasteiger partial charge in [0.15, 0.2) is 0 Å². The molecule has 0 saturated carbocycles. The van der Waals surface area contributed by atoms with E-state index in [2.05, 4.69) is 20.4 Å². The molecular weight excluding hydrogens is 290 g/mol. The topological polar surface area (TPSA) is 75.6 Å². The molecule has 3 rings (SSSR count). The average Bonchev–Trinajstić information content (AvgIpc) is 2.87. The molecule has 6 heteroatoms. The zero-order chi connectivity index (χ0) is 16.4. The van der Waals surface area contributed by atoms with Crippen LogP contribution in [0.1, 0.15) is 23.9 Å². The molecule has 0 unspecified atom stereocenters. The maximum Gasteiger partial charge on any atom is 0.252 e. The number of nitrogens with zero attached hydrogens (tertiary/aromatic N) is 3. The van der Waals surface area contributed by atoms with Gasteiger partial charge in [0.05, 0.1) is 5.69 Å². The van der Waals surface area contributed by atoms with Crippen LogP contribution in [0.5, 0.6) is 0 Å². The largest absolute Gasteiger partial charge is 0.340 e. The van der Waals surface area contributed by atoms with E-state index in [9.17, 15) is 4.79 Å². The quantitative estimate of drug-likeness (QED) is 0.777. The molecule has 118 valence electrons. The van der Waals surface area contributed by atoms with Gasteiger partial charge in [-0.1, -0.05) is 19.1 Å². The van der Waals surface area contributed by atoms with Gasteiger partial charge < -0.3 is 5.32 Å². The van der Waals surface area contributed by atoms with Gasteiger partial charge in [-0.25, -0.2) is 4.98 Å². The van der Waals surface area contributed by atoms with Crippen molar-refractivity contribution in [3.63, 3.8) is 0 Å². The minimum atomic E-state index is -0.179. The molecule has 1 aromatic carbocycles. The predicted octanol–water partition coefficient (Wildman–Crippen LogP) is 2.88. The molecule has 0 spiro atoms. The highest BCUT2D eigenvalue weighted by Crippen LogP contribution is 2.20. The highest BCUT2D eigenvalue weighted by molar-refractivity contribution is 5.58. The van der Waals surface area contributed by atoms with E-state index in [1.165, 1.54) is 6.07 Å². The number of H-pyrrole nitrogens is 1. The van der Waals surface area contributed by atoms with Crippen LogP contribution in [0.3, 0.4) is 0 Å². The van der Waals surface area contributed by atoms with Crippen molar-refractivity contribution in [2.24, 2.45) is 0 Å². The molecule has 2 N–H and O–H groups in total. The molecule has 0 aliphatic carbocycles. The molecule has 0 saturated heterocycles. The summed E-state index contributed by atoms with van der Waals surface area (Å²) in [5.41, 5.74) is 3.52. The first-order chi connectivity index (χ1) is 11.0. The van der Waals surface area contributed by atoms with Crippen molar-refractivity contribution in [3.8, 4) is 5.95 Å². The van der Waals surface area contributed by atoms with Gasteiger partial charge in [0.25, 0.3) is 5.56 Å². The van der Waals surface area contributed by atoms with E-state index in [0.717, 1.165) is 28.5 Å². The molecule has 0 aliphatic heterocycles. The molecule has 0 bridgehead atoms. The summed E-state index contributed by atoms with van der Waals surface area (Å²) >= 11 is 0. The van der Waals surface area contributed by atoms with Crippen molar-refractivity contribution < 1.29 is 0 Å². The van der Waals surface area contributed by atoms with Gasteiger partial charge >= 0.3 is 0 Å². The SMILES string of the molecule is CCc1cc(=O)[nH]c(-n2nc(C)cc2Nc2cccc(C)c2)n1. The first-order valence-electron chi connectivity index (χ1n) is 7.56. The van der Waals surface area contributed by atoms with Gasteiger partial charge in [-0.3, -0.25) is 9.78 Å². The van der Waals surface area contributed by atoms with Crippen LogP contribution in [0, 0.1) is 13.8 Å². The van der Waals surface area contributed by atoms with Crippen molar-refractivity contribution in [1.29, 1.82) is 0 Å². The Morgan fingerprint density at radius 2 is 2.04 bits per heavy atom. The number of hydrogen-bond acceptors (Lipinski definition) is 4. The minimum Gasteiger partial charge on any atom is -0.340 e. The van der Waals surface area contributed by atoms with Gasteiger partial charge in [0.2, 0.25) is 5.95 Å². The van der Waals surface area contributed by atoms with Crippen LogP contribution in [0.2, 0.25) is 0 Å². The summed E-state index contributed by atoms with van der Waals surface area (Å²) < 4.78 is 1.62. The number of rotatable bonds is 4. The normalized spacial score (nSPS) is 10.7. The van der Waals surface area contributed by atoms with Crippen LogP contribution < -0.4 is 10.9 Å². The van der Waals surface area contributed by atoms with Gasteiger partial charge in [-0.15, -0.1) is 0 Å². The van der Waals surface area contributed by atoms with Crippen LogP contribution >= 0.6 is 0 Å². The summed E-state index contributed by atoms with van der Waals surface area (Å²) in [6, 6.07) is 11.5. The number of benzene rings is 1. The van der Waals surface area contributed by atoms with E-state index in [0.29, 0.717) is 12.4 Å². The molecule has 0 aliphatic rings. The number of aromatic amines is 1. The fraction of sp³-hybridized carbons (Fsp3) is 0.235. The van der Waals surface area contributed by atoms with Crippen molar-refractivity contribution in [3.05, 3.63) is 63.7 Å². The summed E-state index contributed by atoms with van der Waals surface area (Å²) in [4.78, 5) is 19.0. The average molecular weight is 309 g/mol. The third-order valence-electron chi connectivity index (χ3n) is 3.47. The molecule has 23 heavy (non-hydrogen) atoms. The second-order valence-electron chi connectivity index (χ2n) is 5.49. The Morgan fingerprint density at radius 3 is 2.78 bits per heavy atom. The minimum absolute atomic E-state index is 0.179. The van der Waals surface area contributed by atoms with E-state index in [1.54, 1.807) is 4.68 Å². The number of nitrogens with one attached hydrogen (secondary N) is 2. The van der Waals surface area contributed by atoms with Crippen molar-refractivity contribution in [2.75, 3.05) is 5.32 Å². The Hall–Kier alpha value is -2.89. The van der Waals surface area contributed by atoms with Crippen LogP contribution in [0.15, 0.2) is 41.2 Å². The lowest BCUT2D eigenvalue weighted by molar-refractivity contribution is 0.783. The molecule has 3 aromatic rings. The number of hydrogen-bond donors (Lipinski definition) is 2. The summed E-state index contributed by atoms with van der Waals surface area (Å²) in [7, 11) is 0. The Morgan fingerprint density at radius 1 is 1.22 bits per heavy atom. The standard InChI is InChI=1S/C17H19N5O/c1-4-13-10-16(23)20-17(19-13)22-15(9-12(3)21-22)18-14-7-5-6-11(2)8-14/h5-10,18H,4H2,1-3H3,(H,19,20,23). The van der Waals surface area contributed by atoms with Crippen LogP contribution in [-0.4, -0.2) is 19.7 Å². The number of aromatic nitrogens is 4. The Labute approximate surface area is 134 Å². The Balaban J connectivity index is 2.04. The summed E-state index contributed by atoms with van der Waals surface area (Å²) in [6.07, 6.45) is 0.692. The maximum absolute atomic E-state index is 11.8. The van der Waals surface area contributed by atoms with Gasteiger partial charge in [0.1, 0.15) is 5.82 Å². The van der Waals surface area contributed by atoms with Crippen LogP contribution in [0.25, 0.3) is 5.95 Å². The third kappa shape index (κ3) is 3.31. The van der Waals surface area contributed by atoms with E-state index in [4.69, 9.17) is 0 Å². The second-order valence-corrected chi connectivity index (χ2v) is 5.49. The first-order valence-corrected chi connectivity index (χ1v) is 7.56. The summed E-state index contributed by atoms with van der Waals surface area (Å²) in [5, 5.41) is 7.77. The summed E-state index contributed by atoms with van der Waals surface area (Å²) in [5.74, 6) is 1.17. The van der Waals surface area contributed by atoms with Crippen molar-refractivity contribution in [2.45, 2.75) is 27.2 Å². The lowest BCUT2D eigenvalue weighted by Gasteiger charge is -2.10. The van der Waals surface area contributed by atoms with E-state index in [-0.39, 0.29) is 5.56 Å². The monoisotopic (exact) mass is 309 g/mol. The molecule has 6 nitrogen and oxygen atoms in total. The molecular formula is C17H19N5O. The highest BCUT2D eigenvalue weighted by atomic mass is 16.1. The smallest absolute Gasteiger partial charge is 0.252 e. The molecule has 0 fully saturated rings. The Kier molecular flexibility index (Phi) is 3.97. The van der Waals surface area contributed by atoms with E-state index < -0.39 is 0 Å². The number of anilines is 2. The molecule has 0 amide bonds. The zero-order valence-electron chi connectivity index (χ0n) is 13.4. The maximum atomic E-state index is 11.8. The first kappa shape index (κ1) is 15.0. The number of aryl methyl sites for hydroxylation is 3. The van der Waals surface area contributed by atoms with Crippen LogP contribution in [-0.2, 0) is 6.42 Å². The molecule has 0 atom stereocenters. The molecule has 2 heterocycles. The van der Waals surface area contributed by atoms with Gasteiger partial charge in [0, 0.05) is 23.5 Å². The second kappa shape index (κ2) is 6.08. The van der Waals surface area contributed by atoms with Crippen LogP contribution in [0.4, 0.5) is 11.5 Å². The lowest BCUT2D eigenvalue weighted by Crippen LogP contribution is -2.16. The van der Waals surface area contributed by atoms with Gasteiger partial charge in [-0.2, -0.15) is 9.78 Å². The van der Waals surface area contributed by atoms with Gasteiger partial charge in [-0.05, 0) is 38.0 Å². The van der Waals surface area contributed by atoms with E-state index >= 15 is 0 Å². The predicted molar refractivity (Wildman–Crippen MR) is 90.6 cm³/mol. The van der Waals surface area contributed by atoms with Crippen molar-refractivity contribution >= 4 is 11.5 Å². The molecule has 2 aromatic heterocycles. The lowest BCUT2D eigenvalue weighted by atomic mass is 10.2. The zero-order valence-corrected chi connectivity index (χ0v) is 13.4. The fourth-order valence-electron chi connectivity index (χ4n) is 2.40.